The van der Waals surface area contributed by atoms with Crippen LogP contribution in [0.4, 0.5) is 4.79 Å². The lowest BCUT2D eigenvalue weighted by Gasteiger charge is -2.24. The lowest BCUT2D eigenvalue weighted by atomic mass is 10.4. The summed E-state index contributed by atoms with van der Waals surface area (Å²) < 4.78 is 9.30. The zero-order chi connectivity index (χ0) is 13.0. The first-order valence-electron chi connectivity index (χ1n) is 5.31. The summed E-state index contributed by atoms with van der Waals surface area (Å²) in [6.07, 6.45) is -1.09. The minimum atomic E-state index is -0.586. The van der Waals surface area contributed by atoms with Gasteiger partial charge in [-0.3, -0.25) is 14.5 Å². The van der Waals surface area contributed by atoms with Crippen molar-refractivity contribution >= 4 is 18.0 Å². The summed E-state index contributed by atoms with van der Waals surface area (Å²) in [4.78, 5) is 36.8. The molecular weight excluding hydrogens is 228 g/mol. The molecule has 7 heteroatoms. The highest BCUT2D eigenvalue weighted by Gasteiger charge is 2.39. The van der Waals surface area contributed by atoms with Crippen molar-refractivity contribution < 1.29 is 23.9 Å². The lowest BCUT2D eigenvalue weighted by Crippen LogP contribution is -2.42. The first-order valence-corrected chi connectivity index (χ1v) is 5.31. The Morgan fingerprint density at radius 1 is 1.47 bits per heavy atom. The van der Waals surface area contributed by atoms with Crippen LogP contribution in [0.2, 0.25) is 0 Å². The van der Waals surface area contributed by atoms with Crippen LogP contribution in [0.5, 0.6) is 0 Å². The Morgan fingerprint density at radius 3 is 2.65 bits per heavy atom. The van der Waals surface area contributed by atoms with Crippen molar-refractivity contribution in [2.24, 2.45) is 0 Å². The molecule has 17 heavy (non-hydrogen) atoms. The normalized spacial score (nSPS) is 19.5. The molecule has 1 saturated heterocycles. The van der Waals surface area contributed by atoms with Crippen molar-refractivity contribution in [3.8, 4) is 0 Å². The number of amides is 2. The summed E-state index contributed by atoms with van der Waals surface area (Å²) in [6, 6.07) is 0. The smallest absolute Gasteiger partial charge is 0.411 e. The second-order valence-electron chi connectivity index (χ2n) is 3.56. The fraction of sp³-hybridized carbons (Fsp3) is 0.700. The van der Waals surface area contributed by atoms with E-state index < -0.39 is 18.2 Å². The first kappa shape index (κ1) is 13.3. The molecule has 2 amide bonds. The van der Waals surface area contributed by atoms with E-state index in [1.165, 1.54) is 16.9 Å². The van der Waals surface area contributed by atoms with Crippen LogP contribution in [0.15, 0.2) is 0 Å². The molecule has 0 aromatic carbocycles. The van der Waals surface area contributed by atoms with Crippen LogP contribution in [0.1, 0.15) is 13.8 Å². The van der Waals surface area contributed by atoms with Gasteiger partial charge in [0.1, 0.15) is 19.3 Å². The van der Waals surface area contributed by atoms with Gasteiger partial charge in [0.15, 0.2) is 0 Å². The molecule has 0 N–H and O–H groups in total. The maximum Gasteiger partial charge on any atom is 0.411 e. The highest BCUT2D eigenvalue weighted by molar-refractivity contribution is 5.88. The molecule has 0 bridgehead atoms. The average molecular weight is 244 g/mol. The molecule has 1 heterocycles. The van der Waals surface area contributed by atoms with Gasteiger partial charge in [0.05, 0.1) is 13.7 Å². The Kier molecular flexibility index (Phi) is 4.30. The van der Waals surface area contributed by atoms with Gasteiger partial charge >= 0.3 is 12.1 Å². The summed E-state index contributed by atoms with van der Waals surface area (Å²) in [5, 5.41) is 0. The molecule has 0 saturated carbocycles. The lowest BCUT2D eigenvalue weighted by molar-refractivity contribution is -0.148. The molecule has 1 atom stereocenters. The highest BCUT2D eigenvalue weighted by Crippen LogP contribution is 2.16. The van der Waals surface area contributed by atoms with Crippen LogP contribution >= 0.6 is 0 Å². The second kappa shape index (κ2) is 5.51. The maximum absolute atomic E-state index is 11.6. The van der Waals surface area contributed by atoms with E-state index >= 15 is 0 Å². The zero-order valence-corrected chi connectivity index (χ0v) is 10.1. The molecule has 1 aliphatic rings. The van der Waals surface area contributed by atoms with E-state index in [-0.39, 0.29) is 25.6 Å². The first-order chi connectivity index (χ1) is 8.01. The minimum absolute atomic E-state index is 0.0761. The highest BCUT2D eigenvalue weighted by atomic mass is 16.5. The number of esters is 1. The van der Waals surface area contributed by atoms with Gasteiger partial charge in [-0.1, -0.05) is 0 Å². The van der Waals surface area contributed by atoms with Crippen LogP contribution in [-0.4, -0.2) is 60.7 Å². The topological polar surface area (TPSA) is 76.2 Å². The summed E-state index contributed by atoms with van der Waals surface area (Å²) in [5.41, 5.74) is 0. The number of rotatable bonds is 3. The van der Waals surface area contributed by atoms with Crippen molar-refractivity contribution in [3.63, 3.8) is 0 Å². The second-order valence-corrected chi connectivity index (χ2v) is 3.56. The molecule has 0 aliphatic carbocycles. The van der Waals surface area contributed by atoms with Crippen molar-refractivity contribution in [3.05, 3.63) is 0 Å². The number of ether oxygens (including phenoxy) is 2. The van der Waals surface area contributed by atoms with Gasteiger partial charge in [0.2, 0.25) is 5.91 Å². The summed E-state index contributed by atoms with van der Waals surface area (Å²) >= 11 is 0. The Labute approximate surface area is 99.2 Å². The van der Waals surface area contributed by atoms with E-state index in [0.29, 0.717) is 0 Å². The molecule has 1 fully saturated rings. The Hall–Kier alpha value is -1.79. The number of hydrogen-bond donors (Lipinski definition) is 0. The van der Waals surface area contributed by atoms with Crippen LogP contribution in [0.3, 0.4) is 0 Å². The Balaban J connectivity index is 2.65. The quantitative estimate of drug-likeness (QED) is 0.643. The van der Waals surface area contributed by atoms with Gasteiger partial charge in [0.25, 0.3) is 0 Å². The van der Waals surface area contributed by atoms with Crippen molar-refractivity contribution in [2.75, 3.05) is 26.8 Å². The van der Waals surface area contributed by atoms with Crippen molar-refractivity contribution in [2.45, 2.75) is 20.0 Å². The van der Waals surface area contributed by atoms with E-state index in [2.05, 4.69) is 4.74 Å². The minimum Gasteiger partial charge on any atom is -0.465 e. The SMILES string of the molecule is CCOC(=O)CN1C(=O)CN(C(=O)OC)C1C. The molecule has 0 aromatic rings. The van der Waals surface area contributed by atoms with E-state index in [1.54, 1.807) is 13.8 Å². The zero-order valence-electron chi connectivity index (χ0n) is 10.1. The number of carbonyl (C=O) groups is 3. The van der Waals surface area contributed by atoms with Crippen LogP contribution in [-0.2, 0) is 19.1 Å². The molecule has 0 radical (unpaired) electrons. The molecule has 7 nitrogen and oxygen atoms in total. The molecule has 1 unspecified atom stereocenters. The molecule has 1 rings (SSSR count). The maximum atomic E-state index is 11.6. The van der Waals surface area contributed by atoms with E-state index in [0.717, 1.165) is 0 Å². The van der Waals surface area contributed by atoms with Crippen LogP contribution < -0.4 is 0 Å². The van der Waals surface area contributed by atoms with Gasteiger partial charge < -0.3 is 14.4 Å². The Bertz CT molecular complexity index is 331. The van der Waals surface area contributed by atoms with Gasteiger partial charge in [-0.15, -0.1) is 0 Å². The number of nitrogens with zero attached hydrogens (tertiary/aromatic N) is 2. The monoisotopic (exact) mass is 244 g/mol. The Morgan fingerprint density at radius 2 is 2.12 bits per heavy atom. The molecular formula is C10H16N2O5. The molecule has 1 aliphatic heterocycles. The van der Waals surface area contributed by atoms with E-state index in [1.807, 2.05) is 0 Å². The third kappa shape index (κ3) is 2.86. The average Bonchev–Trinajstić information content (AvgIpc) is 2.56. The van der Waals surface area contributed by atoms with Gasteiger partial charge in [0, 0.05) is 0 Å². The predicted molar refractivity (Wildman–Crippen MR) is 56.9 cm³/mol. The molecule has 0 spiro atoms. The van der Waals surface area contributed by atoms with Gasteiger partial charge in [-0.25, -0.2) is 4.79 Å². The fourth-order valence-corrected chi connectivity index (χ4v) is 1.65. The van der Waals surface area contributed by atoms with Crippen LogP contribution in [0, 0.1) is 0 Å². The third-order valence-corrected chi connectivity index (χ3v) is 2.54. The standard InChI is InChI=1S/C10H16N2O5/c1-4-17-9(14)6-11-7(2)12(5-8(11)13)10(15)16-3/h7H,4-6H2,1-3H3. The number of methoxy groups -OCH3 is 1. The largest absolute Gasteiger partial charge is 0.465 e. The molecule has 96 valence electrons. The fourth-order valence-electron chi connectivity index (χ4n) is 1.65. The van der Waals surface area contributed by atoms with Crippen LogP contribution in [0.25, 0.3) is 0 Å². The summed E-state index contributed by atoms with van der Waals surface area (Å²) in [7, 11) is 1.24. The summed E-state index contributed by atoms with van der Waals surface area (Å²) in [6.45, 7) is 3.37. The van der Waals surface area contributed by atoms with Crippen molar-refractivity contribution in [1.82, 2.24) is 9.80 Å². The van der Waals surface area contributed by atoms with E-state index in [9.17, 15) is 14.4 Å². The van der Waals surface area contributed by atoms with Gasteiger partial charge in [-0.2, -0.15) is 0 Å². The molecule has 0 aromatic heterocycles. The van der Waals surface area contributed by atoms with E-state index in [4.69, 9.17) is 4.74 Å². The summed E-state index contributed by atoms with van der Waals surface area (Å²) in [5.74, 6) is -0.782. The van der Waals surface area contributed by atoms with Gasteiger partial charge in [-0.05, 0) is 13.8 Å². The predicted octanol–water partition coefficient (Wildman–Crippen LogP) is -0.194. The number of carbonyl (C=O) groups excluding carboxylic acids is 3. The van der Waals surface area contributed by atoms with Crippen molar-refractivity contribution in [1.29, 1.82) is 0 Å². The third-order valence-electron chi connectivity index (χ3n) is 2.54. The number of hydrogen-bond acceptors (Lipinski definition) is 5.